The number of ketones is 2. The van der Waals surface area contributed by atoms with Crippen LogP contribution in [0.15, 0.2) is 24.3 Å². The van der Waals surface area contributed by atoms with Crippen LogP contribution < -0.4 is 10.6 Å². The van der Waals surface area contributed by atoms with E-state index in [4.69, 9.17) is 5.26 Å². The lowest BCUT2D eigenvalue weighted by Crippen LogP contribution is -2.31. The van der Waals surface area contributed by atoms with Crippen molar-refractivity contribution in [2.75, 3.05) is 18.4 Å². The zero-order valence-corrected chi connectivity index (χ0v) is 31.7. The van der Waals surface area contributed by atoms with Crippen molar-refractivity contribution in [1.29, 1.82) is 5.26 Å². The van der Waals surface area contributed by atoms with Gasteiger partial charge in [0.15, 0.2) is 0 Å². The minimum atomic E-state index is -0.418. The fraction of sp³-hybridized carbons (Fsp3) is 0.769. The standard InChI is InChI=1S/C20H34N2O2.C19H34BrNO2/c1-2-3-13-16-19(23)20(24)22-18-15-12-10-8-6-4-5-7-9-11-14-17-21;1-2-3-12-15-18(22)19(23)21-17-14-11-9-7-5-4-6-8-10-13-16-20/h6,8H,2-5,7,9-16,18H2,1H3,(H,22,24);5,7H,2-4,6,8-17H2,1H3,(H,21,23)/b8-6-;7-5-. The van der Waals surface area contributed by atoms with Crippen LogP contribution in [0.25, 0.3) is 0 Å². The topological polar surface area (TPSA) is 116 Å². The fourth-order valence-electron chi connectivity index (χ4n) is 4.67. The number of nitrogens with one attached hydrogen (secondary N) is 2. The number of halogens is 1. The number of hydrogen-bond donors (Lipinski definition) is 2. The molecule has 2 amide bonds. The van der Waals surface area contributed by atoms with E-state index in [-0.39, 0.29) is 11.6 Å². The molecule has 270 valence electrons. The lowest BCUT2D eigenvalue weighted by atomic mass is 10.1. The number of unbranched alkanes of at least 4 members (excludes halogenated alkanes) is 17. The van der Waals surface area contributed by atoms with Crippen LogP contribution in [0, 0.1) is 11.3 Å². The van der Waals surface area contributed by atoms with E-state index in [1.165, 1.54) is 44.9 Å². The molecule has 0 aliphatic carbocycles. The maximum Gasteiger partial charge on any atom is 0.287 e. The van der Waals surface area contributed by atoms with Crippen molar-refractivity contribution in [3.05, 3.63) is 24.3 Å². The third kappa shape index (κ3) is 38.1. The molecule has 0 saturated heterocycles. The van der Waals surface area contributed by atoms with Crippen molar-refractivity contribution >= 4 is 39.3 Å². The van der Waals surface area contributed by atoms with Gasteiger partial charge in [-0.1, -0.05) is 105 Å². The molecule has 47 heavy (non-hydrogen) atoms. The van der Waals surface area contributed by atoms with Gasteiger partial charge in [0.1, 0.15) is 0 Å². The molecule has 0 bridgehead atoms. The van der Waals surface area contributed by atoms with E-state index in [0.29, 0.717) is 32.4 Å². The largest absolute Gasteiger partial charge is 0.350 e. The Balaban J connectivity index is 0. The molecule has 0 aliphatic heterocycles. The lowest BCUT2D eigenvalue weighted by molar-refractivity contribution is -0.138. The minimum Gasteiger partial charge on any atom is -0.350 e. The summed E-state index contributed by atoms with van der Waals surface area (Å²) in [6.07, 6.45) is 34.2. The van der Waals surface area contributed by atoms with Crippen molar-refractivity contribution in [1.82, 2.24) is 10.6 Å². The summed E-state index contributed by atoms with van der Waals surface area (Å²) in [5.41, 5.74) is 0. The molecule has 8 heteroatoms. The minimum absolute atomic E-state index is 0.266. The van der Waals surface area contributed by atoms with Crippen LogP contribution in [0.2, 0.25) is 0 Å². The highest BCUT2D eigenvalue weighted by Crippen LogP contribution is 2.07. The summed E-state index contributed by atoms with van der Waals surface area (Å²) in [4.78, 5) is 46.1. The molecule has 7 nitrogen and oxygen atoms in total. The predicted octanol–water partition coefficient (Wildman–Crippen LogP) is 10.2. The van der Waals surface area contributed by atoms with E-state index in [1.807, 2.05) is 0 Å². The van der Waals surface area contributed by atoms with Gasteiger partial charge in [0.2, 0.25) is 11.6 Å². The highest BCUT2D eigenvalue weighted by Gasteiger charge is 2.12. The van der Waals surface area contributed by atoms with E-state index >= 15 is 0 Å². The first-order valence-electron chi connectivity index (χ1n) is 18.8. The summed E-state index contributed by atoms with van der Waals surface area (Å²) >= 11 is 3.45. The van der Waals surface area contributed by atoms with Crippen molar-refractivity contribution in [3.8, 4) is 6.07 Å². The van der Waals surface area contributed by atoms with Crippen LogP contribution >= 0.6 is 15.9 Å². The van der Waals surface area contributed by atoms with Crippen molar-refractivity contribution in [2.24, 2.45) is 0 Å². The van der Waals surface area contributed by atoms with E-state index in [1.54, 1.807) is 0 Å². The second-order valence-corrected chi connectivity index (χ2v) is 13.0. The molecule has 0 aromatic heterocycles. The molecular weight excluding hydrogens is 654 g/mol. The molecule has 0 radical (unpaired) electrons. The van der Waals surface area contributed by atoms with Gasteiger partial charge in [0.25, 0.3) is 11.8 Å². The Bertz CT molecular complexity index is 867. The van der Waals surface area contributed by atoms with Crippen LogP contribution in [-0.4, -0.2) is 41.8 Å². The summed E-state index contributed by atoms with van der Waals surface area (Å²) < 4.78 is 0. The van der Waals surface area contributed by atoms with Crippen LogP contribution in [0.4, 0.5) is 0 Å². The second-order valence-electron chi connectivity index (χ2n) is 12.2. The first kappa shape index (κ1) is 46.8. The zero-order chi connectivity index (χ0) is 35.1. The molecule has 0 atom stereocenters. The van der Waals surface area contributed by atoms with Gasteiger partial charge in [-0.2, -0.15) is 5.26 Å². The molecular formula is C39H68BrN3O4. The van der Waals surface area contributed by atoms with Crippen molar-refractivity contribution in [2.45, 2.75) is 174 Å². The molecule has 2 N–H and O–H groups in total. The Hall–Kier alpha value is -2.27. The number of rotatable bonds is 32. The van der Waals surface area contributed by atoms with Gasteiger partial charge in [0.05, 0.1) is 6.07 Å². The predicted molar refractivity (Wildman–Crippen MR) is 200 cm³/mol. The van der Waals surface area contributed by atoms with Crippen LogP contribution in [-0.2, 0) is 19.2 Å². The normalized spacial score (nSPS) is 10.9. The number of nitrogens with zero attached hydrogens (tertiary/aromatic N) is 1. The third-order valence-electron chi connectivity index (χ3n) is 7.68. The molecule has 0 aromatic rings. The number of alkyl halides is 1. The Kier molecular flexibility index (Phi) is 39.8. The third-order valence-corrected chi connectivity index (χ3v) is 8.25. The van der Waals surface area contributed by atoms with Crippen LogP contribution in [0.3, 0.4) is 0 Å². The van der Waals surface area contributed by atoms with Gasteiger partial charge in [-0.05, 0) is 89.9 Å². The SMILES string of the molecule is CCCCCC(=O)C(=O)NCCCC/C=C\CCCCCCBr.CCCCCC(=O)C(=O)NCCCC/C=C\CCCCCCC#N. The van der Waals surface area contributed by atoms with Gasteiger partial charge in [-0.25, -0.2) is 0 Å². The lowest BCUT2D eigenvalue weighted by Gasteiger charge is -2.03. The smallest absolute Gasteiger partial charge is 0.287 e. The molecule has 0 aliphatic rings. The van der Waals surface area contributed by atoms with Crippen molar-refractivity contribution < 1.29 is 19.2 Å². The monoisotopic (exact) mass is 721 g/mol. The van der Waals surface area contributed by atoms with Gasteiger partial charge in [-0.3, -0.25) is 19.2 Å². The first-order chi connectivity index (χ1) is 22.9. The maximum atomic E-state index is 11.5. The Morgan fingerprint density at radius 2 is 0.915 bits per heavy atom. The van der Waals surface area contributed by atoms with Crippen molar-refractivity contribution in [3.63, 3.8) is 0 Å². The number of hydrogen-bond acceptors (Lipinski definition) is 5. The molecule has 0 heterocycles. The maximum absolute atomic E-state index is 11.5. The van der Waals surface area contributed by atoms with Crippen LogP contribution in [0.5, 0.6) is 0 Å². The molecule has 0 rings (SSSR count). The fourth-order valence-corrected chi connectivity index (χ4v) is 5.07. The second kappa shape index (κ2) is 39.9. The van der Waals surface area contributed by atoms with E-state index in [2.05, 4.69) is 70.8 Å². The Labute approximate surface area is 296 Å². The first-order valence-corrected chi connectivity index (χ1v) is 19.9. The Morgan fingerprint density at radius 1 is 0.532 bits per heavy atom. The number of carbonyl (C=O) groups excluding carboxylic acids is 4. The van der Waals surface area contributed by atoms with Gasteiger partial charge in [-0.15, -0.1) is 0 Å². The highest BCUT2D eigenvalue weighted by atomic mass is 79.9. The highest BCUT2D eigenvalue weighted by molar-refractivity contribution is 9.09. The average molecular weight is 723 g/mol. The Morgan fingerprint density at radius 3 is 1.30 bits per heavy atom. The average Bonchev–Trinajstić information content (AvgIpc) is 3.07. The van der Waals surface area contributed by atoms with Crippen LogP contribution in [0.1, 0.15) is 174 Å². The number of allylic oxidation sites excluding steroid dienone is 4. The molecule has 0 unspecified atom stereocenters. The van der Waals surface area contributed by atoms with E-state index in [0.717, 1.165) is 102 Å². The summed E-state index contributed by atoms with van der Waals surface area (Å²) in [5.74, 6) is -1.37. The number of amides is 2. The summed E-state index contributed by atoms with van der Waals surface area (Å²) in [6.45, 7) is 5.36. The summed E-state index contributed by atoms with van der Waals surface area (Å²) in [7, 11) is 0. The quantitative estimate of drug-likeness (QED) is 0.0310. The molecule has 0 saturated carbocycles. The molecule has 0 aromatic carbocycles. The summed E-state index contributed by atoms with van der Waals surface area (Å²) in [6, 6.07) is 2.17. The van der Waals surface area contributed by atoms with E-state index < -0.39 is 11.8 Å². The number of nitriles is 1. The van der Waals surface area contributed by atoms with Gasteiger partial charge < -0.3 is 10.6 Å². The zero-order valence-electron chi connectivity index (χ0n) is 30.1. The molecule has 0 fully saturated rings. The molecule has 0 spiro atoms. The number of Topliss-reactive ketones (excluding diaryl/α,β-unsaturated/α-hetero) is 2. The summed E-state index contributed by atoms with van der Waals surface area (Å²) in [5, 5.41) is 15.0. The van der Waals surface area contributed by atoms with Gasteiger partial charge in [0, 0.05) is 37.7 Å². The van der Waals surface area contributed by atoms with E-state index in [9.17, 15) is 19.2 Å². The number of carbonyl (C=O) groups is 4. The van der Waals surface area contributed by atoms with Gasteiger partial charge >= 0.3 is 0 Å².